The fourth-order valence-corrected chi connectivity index (χ4v) is 4.22. The molecule has 2 aromatic rings. The first-order valence-electron chi connectivity index (χ1n) is 9.47. The summed E-state index contributed by atoms with van der Waals surface area (Å²) >= 11 is 0. The van der Waals surface area contributed by atoms with Crippen molar-refractivity contribution >= 4 is 17.5 Å². The molecule has 28 heavy (non-hydrogen) atoms. The van der Waals surface area contributed by atoms with Gasteiger partial charge in [0.05, 0.1) is 0 Å². The van der Waals surface area contributed by atoms with E-state index in [4.69, 9.17) is 0 Å². The first-order valence-corrected chi connectivity index (χ1v) is 9.47. The second kappa shape index (κ2) is 7.33. The molecular formula is C20H22F2N4O2. The van der Waals surface area contributed by atoms with Gasteiger partial charge in [0.15, 0.2) is 5.69 Å². The van der Waals surface area contributed by atoms with E-state index in [-0.39, 0.29) is 11.6 Å². The van der Waals surface area contributed by atoms with Gasteiger partial charge in [0, 0.05) is 24.3 Å². The number of carbonyl (C=O) groups excluding carboxylic acids is 2. The number of fused-ring (bicyclic) bond motifs is 1. The minimum atomic E-state index is -2.73. The summed E-state index contributed by atoms with van der Waals surface area (Å²) in [5.41, 5.74) is 1.21. The number of likely N-dealkylation sites (tertiary alicyclic amines) is 1. The van der Waals surface area contributed by atoms with Gasteiger partial charge in [-0.15, -0.1) is 0 Å². The molecule has 2 aliphatic rings. The molecule has 1 aliphatic heterocycles. The minimum absolute atomic E-state index is 0.0374. The van der Waals surface area contributed by atoms with Crippen molar-refractivity contribution in [1.82, 2.24) is 15.1 Å². The predicted octanol–water partition coefficient (Wildman–Crippen LogP) is 3.78. The average molecular weight is 388 g/mol. The Bertz CT molecular complexity index is 899. The van der Waals surface area contributed by atoms with E-state index in [0.717, 1.165) is 24.7 Å². The fraction of sp³-hybridized carbons (Fsp3) is 0.450. The molecule has 6 nitrogen and oxygen atoms in total. The van der Waals surface area contributed by atoms with Crippen molar-refractivity contribution in [3.05, 3.63) is 46.8 Å². The molecule has 1 aromatic carbocycles. The molecule has 2 atom stereocenters. The summed E-state index contributed by atoms with van der Waals surface area (Å²) in [6, 6.07) is 6.19. The Labute approximate surface area is 161 Å². The van der Waals surface area contributed by atoms with Crippen LogP contribution in [0.15, 0.2) is 24.3 Å². The molecular weight excluding hydrogens is 366 g/mol. The predicted molar refractivity (Wildman–Crippen MR) is 99.4 cm³/mol. The molecule has 148 valence electrons. The lowest BCUT2D eigenvalue weighted by Gasteiger charge is -2.18. The number of amides is 2. The van der Waals surface area contributed by atoms with Gasteiger partial charge in [-0.2, -0.15) is 5.10 Å². The van der Waals surface area contributed by atoms with Crippen molar-refractivity contribution in [2.45, 2.75) is 32.6 Å². The third-order valence-electron chi connectivity index (χ3n) is 5.81. The van der Waals surface area contributed by atoms with Gasteiger partial charge in [-0.3, -0.25) is 14.7 Å². The summed E-state index contributed by atoms with van der Waals surface area (Å²) < 4.78 is 25.3. The number of aryl methyl sites for hydroxylation is 1. The van der Waals surface area contributed by atoms with Crippen molar-refractivity contribution in [3.63, 3.8) is 0 Å². The SMILES string of the molecule is Cc1ccc(C(=O)N2C[C@H]3CCC[C@H]3C2)cc1NC(=O)c1cc(C(F)F)[nH]n1. The first kappa shape index (κ1) is 18.6. The van der Waals surface area contributed by atoms with Gasteiger partial charge in [0.2, 0.25) is 0 Å². The molecule has 4 rings (SSSR count). The van der Waals surface area contributed by atoms with Crippen LogP contribution in [0.25, 0.3) is 0 Å². The number of benzene rings is 1. The Hall–Kier alpha value is -2.77. The number of rotatable bonds is 4. The fourth-order valence-electron chi connectivity index (χ4n) is 4.22. The van der Waals surface area contributed by atoms with E-state index in [1.165, 1.54) is 19.3 Å². The molecule has 2 N–H and O–H groups in total. The zero-order chi connectivity index (χ0) is 19.8. The second-order valence-electron chi connectivity index (χ2n) is 7.65. The number of carbonyl (C=O) groups is 2. The summed E-state index contributed by atoms with van der Waals surface area (Å²) in [6.07, 6.45) is 0.900. The van der Waals surface area contributed by atoms with Crippen molar-refractivity contribution < 1.29 is 18.4 Å². The van der Waals surface area contributed by atoms with Crippen molar-refractivity contribution in [2.75, 3.05) is 18.4 Å². The Morgan fingerprint density at radius 2 is 1.93 bits per heavy atom. The topological polar surface area (TPSA) is 78.1 Å². The molecule has 0 spiro atoms. The number of nitrogens with one attached hydrogen (secondary N) is 2. The highest BCUT2D eigenvalue weighted by atomic mass is 19.3. The van der Waals surface area contributed by atoms with Crippen LogP contribution in [0.3, 0.4) is 0 Å². The van der Waals surface area contributed by atoms with Crippen LogP contribution in [0, 0.1) is 18.8 Å². The smallest absolute Gasteiger partial charge is 0.279 e. The van der Waals surface area contributed by atoms with Crippen molar-refractivity contribution in [2.24, 2.45) is 11.8 Å². The summed E-state index contributed by atoms with van der Waals surface area (Å²) in [6.45, 7) is 3.39. The normalized spacial score (nSPS) is 21.2. The summed E-state index contributed by atoms with van der Waals surface area (Å²) in [5, 5.41) is 8.44. The lowest BCUT2D eigenvalue weighted by atomic mass is 10.0. The maximum atomic E-state index is 12.9. The van der Waals surface area contributed by atoms with Gasteiger partial charge < -0.3 is 10.2 Å². The van der Waals surface area contributed by atoms with Crippen LogP contribution >= 0.6 is 0 Å². The maximum absolute atomic E-state index is 12.9. The molecule has 1 saturated heterocycles. The van der Waals surface area contributed by atoms with Crippen LogP contribution < -0.4 is 5.32 Å². The van der Waals surface area contributed by atoms with Gasteiger partial charge >= 0.3 is 0 Å². The van der Waals surface area contributed by atoms with Crippen molar-refractivity contribution in [3.8, 4) is 0 Å². The average Bonchev–Trinajstić information content (AvgIpc) is 3.38. The number of aromatic amines is 1. The van der Waals surface area contributed by atoms with Gasteiger partial charge in [-0.1, -0.05) is 12.5 Å². The second-order valence-corrected chi connectivity index (χ2v) is 7.65. The highest BCUT2D eigenvalue weighted by Crippen LogP contribution is 2.38. The Balaban J connectivity index is 1.49. The van der Waals surface area contributed by atoms with Crippen LogP contribution in [0.5, 0.6) is 0 Å². The van der Waals surface area contributed by atoms with Gasteiger partial charge in [0.1, 0.15) is 5.69 Å². The molecule has 1 aromatic heterocycles. The molecule has 1 aliphatic carbocycles. The molecule has 2 amide bonds. The minimum Gasteiger partial charge on any atom is -0.338 e. The molecule has 0 radical (unpaired) electrons. The standard InChI is InChI=1S/C20H22F2N4O2/c1-11-5-6-12(20(28)26-9-13-3-2-4-14(13)10-26)7-15(11)23-19(27)17-8-16(18(21)22)24-25-17/h5-8,13-14,18H,2-4,9-10H2,1H3,(H,23,27)(H,24,25)/t13-,14+. The number of H-pyrrole nitrogens is 1. The third-order valence-corrected chi connectivity index (χ3v) is 5.81. The number of nitrogens with zero attached hydrogens (tertiary/aromatic N) is 2. The quantitative estimate of drug-likeness (QED) is 0.837. The van der Waals surface area contributed by atoms with Crippen LogP contribution in [0.2, 0.25) is 0 Å². The summed E-state index contributed by atoms with van der Waals surface area (Å²) in [7, 11) is 0. The number of halogens is 2. The number of alkyl halides is 2. The van der Waals surface area contributed by atoms with Crippen LogP contribution in [-0.2, 0) is 0 Å². The lowest BCUT2D eigenvalue weighted by Crippen LogP contribution is -2.29. The first-order chi connectivity index (χ1) is 13.4. The Morgan fingerprint density at radius 3 is 2.57 bits per heavy atom. The summed E-state index contributed by atoms with van der Waals surface area (Å²) in [5.74, 6) is 0.575. The highest BCUT2D eigenvalue weighted by Gasteiger charge is 2.38. The van der Waals surface area contributed by atoms with E-state index in [1.807, 2.05) is 4.90 Å². The molecule has 0 unspecified atom stereocenters. The van der Waals surface area contributed by atoms with Crippen molar-refractivity contribution in [1.29, 1.82) is 0 Å². The summed E-state index contributed by atoms with van der Waals surface area (Å²) in [4.78, 5) is 27.1. The Kier molecular flexibility index (Phi) is 4.87. The van der Waals surface area contributed by atoms with E-state index in [0.29, 0.717) is 23.1 Å². The zero-order valence-electron chi connectivity index (χ0n) is 15.5. The Morgan fingerprint density at radius 1 is 1.21 bits per heavy atom. The van der Waals surface area contributed by atoms with E-state index >= 15 is 0 Å². The lowest BCUT2D eigenvalue weighted by molar-refractivity contribution is 0.0780. The molecule has 2 fully saturated rings. The molecule has 8 heteroatoms. The number of hydrogen-bond donors (Lipinski definition) is 2. The molecule has 0 bridgehead atoms. The zero-order valence-corrected chi connectivity index (χ0v) is 15.5. The van der Waals surface area contributed by atoms with Crippen LogP contribution in [-0.4, -0.2) is 40.0 Å². The number of anilines is 1. The molecule has 2 heterocycles. The van der Waals surface area contributed by atoms with E-state index < -0.39 is 18.0 Å². The number of aromatic nitrogens is 2. The molecule has 1 saturated carbocycles. The van der Waals surface area contributed by atoms with E-state index in [1.54, 1.807) is 25.1 Å². The van der Waals surface area contributed by atoms with Gasteiger partial charge in [-0.25, -0.2) is 8.78 Å². The third kappa shape index (κ3) is 3.50. The van der Waals surface area contributed by atoms with Gasteiger partial charge in [0.25, 0.3) is 18.2 Å². The number of hydrogen-bond acceptors (Lipinski definition) is 3. The largest absolute Gasteiger partial charge is 0.338 e. The van der Waals surface area contributed by atoms with Gasteiger partial charge in [-0.05, 0) is 55.4 Å². The highest BCUT2D eigenvalue weighted by molar-refractivity contribution is 6.04. The maximum Gasteiger partial charge on any atom is 0.279 e. The van der Waals surface area contributed by atoms with E-state index in [9.17, 15) is 18.4 Å². The van der Waals surface area contributed by atoms with Crippen LogP contribution in [0.1, 0.15) is 57.8 Å². The van der Waals surface area contributed by atoms with E-state index in [2.05, 4.69) is 15.5 Å². The van der Waals surface area contributed by atoms with Crippen LogP contribution in [0.4, 0.5) is 14.5 Å². The monoisotopic (exact) mass is 388 g/mol.